The Balaban J connectivity index is 1.38. The first-order valence-electron chi connectivity index (χ1n) is 13.1. The van der Waals surface area contributed by atoms with E-state index < -0.39 is 24.0 Å². The highest BCUT2D eigenvalue weighted by Gasteiger charge is 2.25. The molecule has 0 unspecified atom stereocenters. The van der Waals surface area contributed by atoms with Crippen LogP contribution in [0.25, 0.3) is 0 Å². The van der Waals surface area contributed by atoms with Crippen LogP contribution in [0.5, 0.6) is 11.5 Å². The van der Waals surface area contributed by atoms with Crippen LogP contribution in [0.2, 0.25) is 15.1 Å². The number of benzene rings is 4. The molecule has 222 valence electrons. The van der Waals surface area contributed by atoms with Crippen molar-refractivity contribution < 1.29 is 19.1 Å². The van der Waals surface area contributed by atoms with Crippen molar-refractivity contribution >= 4 is 68.8 Å². The van der Waals surface area contributed by atoms with Gasteiger partial charge in [0.2, 0.25) is 0 Å². The van der Waals surface area contributed by atoms with E-state index in [0.717, 1.165) is 21.2 Å². The quantitative estimate of drug-likeness (QED) is 0.117. The molecule has 2 atom stereocenters. The van der Waals surface area contributed by atoms with Crippen molar-refractivity contribution in [1.82, 2.24) is 10.7 Å². The molecule has 0 aliphatic heterocycles. The monoisotopic (exact) mass is 701 g/mol. The van der Waals surface area contributed by atoms with E-state index in [4.69, 9.17) is 44.3 Å². The largest absolute Gasteiger partial charge is 0.488 e. The van der Waals surface area contributed by atoms with Crippen molar-refractivity contribution in [1.29, 1.82) is 0 Å². The number of halogens is 4. The van der Waals surface area contributed by atoms with E-state index in [9.17, 15) is 9.59 Å². The summed E-state index contributed by atoms with van der Waals surface area (Å²) in [5, 5.41) is 8.25. The van der Waals surface area contributed by atoms with Gasteiger partial charge in [0.05, 0.1) is 15.7 Å². The van der Waals surface area contributed by atoms with E-state index in [1.54, 1.807) is 25.1 Å². The van der Waals surface area contributed by atoms with Gasteiger partial charge < -0.3 is 14.8 Å². The van der Waals surface area contributed by atoms with E-state index in [1.807, 2.05) is 66.7 Å². The lowest BCUT2D eigenvalue weighted by molar-refractivity contribution is -0.132. The van der Waals surface area contributed by atoms with Gasteiger partial charge in [-0.05, 0) is 88.1 Å². The first-order valence-corrected chi connectivity index (χ1v) is 15.1. The van der Waals surface area contributed by atoms with Crippen LogP contribution in [0, 0.1) is 0 Å². The van der Waals surface area contributed by atoms with E-state index in [-0.39, 0.29) is 11.4 Å². The summed E-state index contributed by atoms with van der Waals surface area (Å²) >= 11 is 21.6. The molecule has 4 aromatic rings. The molecule has 0 saturated heterocycles. The number of rotatable bonds is 12. The van der Waals surface area contributed by atoms with E-state index in [2.05, 4.69) is 31.8 Å². The third kappa shape index (κ3) is 10.0. The fourth-order valence-electron chi connectivity index (χ4n) is 3.87. The van der Waals surface area contributed by atoms with Gasteiger partial charge in [-0.3, -0.25) is 9.59 Å². The van der Waals surface area contributed by atoms with Gasteiger partial charge in [0, 0.05) is 16.5 Å². The second-order valence-corrected chi connectivity index (χ2v) is 11.6. The number of hydrogen-bond donors (Lipinski definition) is 2. The SMILES string of the molecule is C[C@H](Oc1ccc(Cl)cc1Cl)C(=O)N[C@@H](Cc1ccccc1)C(=O)N/N=C\c1ccc(OCc2ccc(Cl)cc2)c(Br)c1. The zero-order chi connectivity index (χ0) is 30.8. The van der Waals surface area contributed by atoms with Crippen LogP contribution in [0.4, 0.5) is 0 Å². The summed E-state index contributed by atoms with van der Waals surface area (Å²) in [7, 11) is 0. The average molecular weight is 704 g/mol. The van der Waals surface area contributed by atoms with Crippen LogP contribution < -0.4 is 20.2 Å². The Morgan fingerprint density at radius 1 is 0.860 bits per heavy atom. The molecule has 0 heterocycles. The molecule has 0 spiro atoms. The summed E-state index contributed by atoms with van der Waals surface area (Å²) < 4.78 is 12.3. The molecule has 7 nitrogen and oxygen atoms in total. The molecular formula is C32H27BrCl3N3O4. The average Bonchev–Trinajstić information content (AvgIpc) is 2.99. The number of carbonyl (C=O) groups excluding carboxylic acids is 2. The molecule has 4 rings (SSSR count). The summed E-state index contributed by atoms with van der Waals surface area (Å²) in [6.07, 6.45) is 0.806. The standard InChI is InChI=1S/C32H27BrCl3N3O4/c1-20(43-30-14-12-25(35)17-27(30)36)31(40)38-28(16-21-5-3-2-4-6-21)32(41)39-37-18-23-9-13-29(26(33)15-23)42-19-22-7-10-24(34)11-8-22/h2-15,17-18,20,28H,16,19H2,1H3,(H,38,40)(H,39,41)/b37-18-/t20-,28-/m0/s1. The highest BCUT2D eigenvalue weighted by atomic mass is 79.9. The zero-order valence-corrected chi connectivity index (χ0v) is 26.8. The highest BCUT2D eigenvalue weighted by Crippen LogP contribution is 2.29. The van der Waals surface area contributed by atoms with E-state index in [1.165, 1.54) is 12.3 Å². The predicted molar refractivity (Wildman–Crippen MR) is 174 cm³/mol. The molecule has 0 saturated carbocycles. The lowest BCUT2D eigenvalue weighted by atomic mass is 10.1. The molecule has 2 N–H and O–H groups in total. The summed E-state index contributed by atoms with van der Waals surface area (Å²) in [5.41, 5.74) is 5.09. The van der Waals surface area contributed by atoms with Crippen LogP contribution in [0.3, 0.4) is 0 Å². The second-order valence-electron chi connectivity index (χ2n) is 9.42. The lowest BCUT2D eigenvalue weighted by Crippen LogP contribution is -2.50. The number of ether oxygens (including phenoxy) is 2. The van der Waals surface area contributed by atoms with Gasteiger partial charge in [-0.1, -0.05) is 77.3 Å². The van der Waals surface area contributed by atoms with Crippen LogP contribution >= 0.6 is 50.7 Å². The lowest BCUT2D eigenvalue weighted by Gasteiger charge is -2.21. The van der Waals surface area contributed by atoms with Gasteiger partial charge in [0.25, 0.3) is 11.8 Å². The highest BCUT2D eigenvalue weighted by molar-refractivity contribution is 9.10. The molecule has 0 fully saturated rings. The molecule has 11 heteroatoms. The maximum atomic E-state index is 13.2. The van der Waals surface area contributed by atoms with Gasteiger partial charge in [0.1, 0.15) is 24.1 Å². The van der Waals surface area contributed by atoms with Gasteiger partial charge in [0.15, 0.2) is 6.10 Å². The fraction of sp³-hybridized carbons (Fsp3) is 0.156. The maximum Gasteiger partial charge on any atom is 0.262 e. The van der Waals surface area contributed by atoms with Crippen molar-refractivity contribution in [2.24, 2.45) is 5.10 Å². The first-order chi connectivity index (χ1) is 20.7. The Bertz CT molecular complexity index is 1590. The molecule has 4 aromatic carbocycles. The molecule has 0 aliphatic carbocycles. The Morgan fingerprint density at radius 3 is 2.26 bits per heavy atom. The van der Waals surface area contributed by atoms with Crippen LogP contribution in [0.15, 0.2) is 101 Å². The van der Waals surface area contributed by atoms with E-state index >= 15 is 0 Å². The number of nitrogens with one attached hydrogen (secondary N) is 2. The van der Waals surface area contributed by atoms with Gasteiger partial charge in [-0.15, -0.1) is 0 Å². The fourth-order valence-corrected chi connectivity index (χ4v) is 4.96. The Labute approximate surface area is 273 Å². The van der Waals surface area contributed by atoms with Gasteiger partial charge in [-0.2, -0.15) is 5.10 Å². The van der Waals surface area contributed by atoms with Crippen molar-refractivity contribution in [3.05, 3.63) is 127 Å². The third-order valence-electron chi connectivity index (χ3n) is 6.13. The Hall–Kier alpha value is -3.56. The van der Waals surface area contributed by atoms with Gasteiger partial charge in [-0.25, -0.2) is 5.43 Å². The van der Waals surface area contributed by atoms with Crippen molar-refractivity contribution in [2.75, 3.05) is 0 Å². The molecular weight excluding hydrogens is 677 g/mol. The normalized spacial score (nSPS) is 12.4. The van der Waals surface area contributed by atoms with Crippen molar-refractivity contribution in [3.63, 3.8) is 0 Å². The molecule has 0 aromatic heterocycles. The maximum absolute atomic E-state index is 13.2. The first kappa shape index (κ1) is 32.4. The molecule has 0 radical (unpaired) electrons. The molecule has 2 amide bonds. The number of carbonyl (C=O) groups is 2. The summed E-state index contributed by atoms with van der Waals surface area (Å²) in [4.78, 5) is 26.2. The summed E-state index contributed by atoms with van der Waals surface area (Å²) in [6, 6.07) is 26.0. The van der Waals surface area contributed by atoms with Crippen molar-refractivity contribution in [3.8, 4) is 11.5 Å². The third-order valence-corrected chi connectivity index (χ3v) is 7.54. The number of hydrazone groups is 1. The molecule has 43 heavy (non-hydrogen) atoms. The number of nitrogens with zero attached hydrogens (tertiary/aromatic N) is 1. The van der Waals surface area contributed by atoms with Crippen LogP contribution in [-0.2, 0) is 22.6 Å². The zero-order valence-electron chi connectivity index (χ0n) is 22.9. The minimum Gasteiger partial charge on any atom is -0.488 e. The van der Waals surface area contributed by atoms with E-state index in [0.29, 0.717) is 28.2 Å². The Kier molecular flexibility index (Phi) is 11.9. The molecule has 0 aliphatic rings. The molecule has 0 bridgehead atoms. The second kappa shape index (κ2) is 15.8. The van der Waals surface area contributed by atoms with Gasteiger partial charge >= 0.3 is 0 Å². The summed E-state index contributed by atoms with van der Waals surface area (Å²) in [5.74, 6) is -0.0377. The van der Waals surface area contributed by atoms with Crippen LogP contribution in [0.1, 0.15) is 23.6 Å². The topological polar surface area (TPSA) is 89.0 Å². The minimum absolute atomic E-state index is 0.244. The minimum atomic E-state index is -0.939. The predicted octanol–water partition coefficient (Wildman–Crippen LogP) is 7.63. The van der Waals surface area contributed by atoms with Crippen LogP contribution in [-0.4, -0.2) is 30.2 Å². The summed E-state index contributed by atoms with van der Waals surface area (Å²) in [6.45, 7) is 1.95. The Morgan fingerprint density at radius 2 is 1.56 bits per heavy atom. The smallest absolute Gasteiger partial charge is 0.262 e. The van der Waals surface area contributed by atoms with Crippen molar-refractivity contribution in [2.45, 2.75) is 32.1 Å². The number of hydrogen-bond acceptors (Lipinski definition) is 5. The number of amides is 2.